The van der Waals surface area contributed by atoms with E-state index in [1.54, 1.807) is 0 Å². The molecule has 0 unspecified atom stereocenters. The maximum atomic E-state index is 5.83. The van der Waals surface area contributed by atoms with Gasteiger partial charge in [-0.1, -0.05) is 53.7 Å². The largest absolute Gasteiger partial charge is 0.489 e. The second-order valence-corrected chi connectivity index (χ2v) is 5.15. The number of aryl methyl sites for hydroxylation is 2. The molecule has 0 aliphatic rings. The predicted octanol–water partition coefficient (Wildman–Crippen LogP) is 3.21. The van der Waals surface area contributed by atoms with Crippen molar-refractivity contribution in [2.24, 2.45) is 10.9 Å². The van der Waals surface area contributed by atoms with E-state index in [9.17, 15) is 0 Å². The Bertz CT molecular complexity index is 604. The summed E-state index contributed by atoms with van der Waals surface area (Å²) in [7, 11) is 0. The summed E-state index contributed by atoms with van der Waals surface area (Å²) in [5.41, 5.74) is 9.18. The number of rotatable bonds is 7. The van der Waals surface area contributed by atoms with Gasteiger partial charge in [0.05, 0.1) is 0 Å². The fourth-order valence-corrected chi connectivity index (χ4v) is 2.17. The average molecular weight is 298 g/mol. The summed E-state index contributed by atoms with van der Waals surface area (Å²) < 4.78 is 5.73. The minimum Gasteiger partial charge on any atom is -0.489 e. The maximum Gasteiger partial charge on any atom is 0.151 e. The van der Waals surface area contributed by atoms with Gasteiger partial charge in [-0.15, -0.1) is 0 Å². The summed E-state index contributed by atoms with van der Waals surface area (Å²) in [6.45, 7) is 4.86. The lowest BCUT2D eigenvalue weighted by atomic mass is 10.1. The fourth-order valence-electron chi connectivity index (χ4n) is 2.17. The molecular formula is C18H22N2O2. The van der Waals surface area contributed by atoms with Gasteiger partial charge in [-0.05, 0) is 30.5 Å². The third kappa shape index (κ3) is 4.81. The normalized spacial score (nSPS) is 11.3. The van der Waals surface area contributed by atoms with Gasteiger partial charge < -0.3 is 15.3 Å². The molecule has 116 valence electrons. The van der Waals surface area contributed by atoms with E-state index in [4.69, 9.17) is 15.3 Å². The number of ether oxygens (including phenoxy) is 1. The minimum atomic E-state index is 0.364. The van der Waals surface area contributed by atoms with Crippen LogP contribution in [0.4, 0.5) is 0 Å². The highest BCUT2D eigenvalue weighted by Crippen LogP contribution is 2.21. The highest BCUT2D eigenvalue weighted by Gasteiger charge is 2.02. The van der Waals surface area contributed by atoms with Crippen molar-refractivity contribution in [2.75, 3.05) is 13.2 Å². The molecule has 0 aliphatic carbocycles. The maximum absolute atomic E-state index is 5.83. The van der Waals surface area contributed by atoms with E-state index < -0.39 is 0 Å². The standard InChI is InChI=1S/C18H22N2O2/c1-14-7-6-8-15(2)18(14)21-11-12-22-20-17(19)13-16-9-4-3-5-10-16/h3-10H,11-13H2,1-2H3,(H2,19,20). The summed E-state index contributed by atoms with van der Waals surface area (Å²) in [5, 5.41) is 3.91. The third-order valence-corrected chi connectivity index (χ3v) is 3.24. The van der Waals surface area contributed by atoms with Crippen molar-refractivity contribution in [3.05, 3.63) is 65.2 Å². The topological polar surface area (TPSA) is 56.8 Å². The molecule has 2 rings (SSSR count). The Morgan fingerprint density at radius 1 is 0.955 bits per heavy atom. The van der Waals surface area contributed by atoms with Gasteiger partial charge in [0, 0.05) is 6.42 Å². The van der Waals surface area contributed by atoms with Crippen molar-refractivity contribution in [3.8, 4) is 5.75 Å². The molecule has 0 atom stereocenters. The number of benzene rings is 2. The smallest absolute Gasteiger partial charge is 0.151 e. The summed E-state index contributed by atoms with van der Waals surface area (Å²) in [5.74, 6) is 1.37. The van der Waals surface area contributed by atoms with Crippen LogP contribution in [-0.4, -0.2) is 19.0 Å². The van der Waals surface area contributed by atoms with Crippen LogP contribution >= 0.6 is 0 Å². The first-order chi connectivity index (χ1) is 10.7. The number of para-hydroxylation sites is 1. The number of amidine groups is 1. The molecule has 0 saturated carbocycles. The van der Waals surface area contributed by atoms with E-state index in [2.05, 4.69) is 5.16 Å². The number of hydrogen-bond donors (Lipinski definition) is 1. The number of oxime groups is 1. The molecule has 22 heavy (non-hydrogen) atoms. The second kappa shape index (κ2) is 8.08. The van der Waals surface area contributed by atoms with Crippen molar-refractivity contribution in [1.29, 1.82) is 0 Å². The summed E-state index contributed by atoms with van der Waals surface area (Å²) >= 11 is 0. The van der Waals surface area contributed by atoms with Gasteiger partial charge in [0.1, 0.15) is 18.2 Å². The van der Waals surface area contributed by atoms with Gasteiger partial charge in [-0.3, -0.25) is 0 Å². The molecule has 0 aliphatic heterocycles. The Hall–Kier alpha value is -2.49. The molecule has 2 aromatic carbocycles. The Morgan fingerprint density at radius 2 is 1.64 bits per heavy atom. The first-order valence-corrected chi connectivity index (χ1v) is 7.34. The molecule has 0 spiro atoms. The van der Waals surface area contributed by atoms with Gasteiger partial charge in [0.15, 0.2) is 6.61 Å². The Labute approximate surface area is 131 Å². The van der Waals surface area contributed by atoms with E-state index in [1.165, 1.54) is 0 Å². The molecule has 2 aromatic rings. The van der Waals surface area contributed by atoms with E-state index in [0.29, 0.717) is 25.5 Å². The van der Waals surface area contributed by atoms with Crippen LogP contribution in [0.25, 0.3) is 0 Å². The lowest BCUT2D eigenvalue weighted by molar-refractivity contribution is 0.106. The quantitative estimate of drug-likeness (QED) is 0.369. The van der Waals surface area contributed by atoms with E-state index >= 15 is 0 Å². The van der Waals surface area contributed by atoms with Crippen LogP contribution in [0.1, 0.15) is 16.7 Å². The van der Waals surface area contributed by atoms with Gasteiger partial charge in [-0.2, -0.15) is 0 Å². The van der Waals surface area contributed by atoms with Crippen molar-refractivity contribution in [2.45, 2.75) is 20.3 Å². The molecule has 4 nitrogen and oxygen atoms in total. The van der Waals surface area contributed by atoms with Crippen LogP contribution in [0, 0.1) is 13.8 Å². The molecule has 0 radical (unpaired) electrons. The minimum absolute atomic E-state index is 0.364. The Kier molecular flexibility index (Phi) is 5.83. The van der Waals surface area contributed by atoms with Crippen LogP contribution in [0.15, 0.2) is 53.7 Å². The molecule has 0 amide bonds. The molecule has 0 fully saturated rings. The number of nitrogens with zero attached hydrogens (tertiary/aromatic N) is 1. The third-order valence-electron chi connectivity index (χ3n) is 3.24. The monoisotopic (exact) mass is 298 g/mol. The first kappa shape index (κ1) is 15.9. The zero-order valence-corrected chi connectivity index (χ0v) is 13.1. The van der Waals surface area contributed by atoms with Gasteiger partial charge in [0.2, 0.25) is 0 Å². The summed E-state index contributed by atoms with van der Waals surface area (Å²) in [6.07, 6.45) is 0.582. The molecule has 0 aromatic heterocycles. The fraction of sp³-hybridized carbons (Fsp3) is 0.278. The van der Waals surface area contributed by atoms with E-state index in [0.717, 1.165) is 22.4 Å². The summed E-state index contributed by atoms with van der Waals surface area (Å²) in [6, 6.07) is 16.0. The summed E-state index contributed by atoms with van der Waals surface area (Å²) in [4.78, 5) is 5.21. The molecule has 4 heteroatoms. The SMILES string of the molecule is Cc1cccc(C)c1OCCO/N=C(/N)Cc1ccccc1. The Balaban J connectivity index is 1.74. The van der Waals surface area contributed by atoms with Crippen LogP contribution in [0.2, 0.25) is 0 Å². The van der Waals surface area contributed by atoms with Crippen LogP contribution in [0.5, 0.6) is 5.75 Å². The zero-order chi connectivity index (χ0) is 15.8. The van der Waals surface area contributed by atoms with Crippen LogP contribution in [-0.2, 0) is 11.3 Å². The first-order valence-electron chi connectivity index (χ1n) is 7.34. The van der Waals surface area contributed by atoms with E-state index in [-0.39, 0.29) is 0 Å². The van der Waals surface area contributed by atoms with Crippen molar-refractivity contribution in [1.82, 2.24) is 0 Å². The van der Waals surface area contributed by atoms with Crippen LogP contribution in [0.3, 0.4) is 0 Å². The highest BCUT2D eigenvalue weighted by molar-refractivity contribution is 5.82. The van der Waals surface area contributed by atoms with Gasteiger partial charge in [-0.25, -0.2) is 0 Å². The predicted molar refractivity (Wildman–Crippen MR) is 89.1 cm³/mol. The van der Waals surface area contributed by atoms with Gasteiger partial charge >= 0.3 is 0 Å². The molecule has 0 heterocycles. The molecule has 0 saturated heterocycles. The number of hydrogen-bond acceptors (Lipinski definition) is 3. The molecular weight excluding hydrogens is 276 g/mol. The van der Waals surface area contributed by atoms with E-state index in [1.807, 2.05) is 62.4 Å². The average Bonchev–Trinajstić information content (AvgIpc) is 2.50. The lowest BCUT2D eigenvalue weighted by Gasteiger charge is -2.11. The van der Waals surface area contributed by atoms with Crippen LogP contribution < -0.4 is 10.5 Å². The second-order valence-electron chi connectivity index (χ2n) is 5.15. The Morgan fingerprint density at radius 3 is 2.32 bits per heavy atom. The lowest BCUT2D eigenvalue weighted by Crippen LogP contribution is -2.16. The van der Waals surface area contributed by atoms with Crippen molar-refractivity contribution < 1.29 is 9.57 Å². The van der Waals surface area contributed by atoms with Crippen molar-refractivity contribution >= 4 is 5.84 Å². The zero-order valence-electron chi connectivity index (χ0n) is 13.1. The highest BCUT2D eigenvalue weighted by atomic mass is 16.6. The molecule has 2 N–H and O–H groups in total. The van der Waals surface area contributed by atoms with Crippen molar-refractivity contribution in [3.63, 3.8) is 0 Å². The molecule has 0 bridgehead atoms. The number of nitrogens with two attached hydrogens (primary N) is 1. The van der Waals surface area contributed by atoms with Gasteiger partial charge in [0.25, 0.3) is 0 Å².